The second-order valence-electron chi connectivity index (χ2n) is 4.63. The van der Waals surface area contributed by atoms with E-state index in [1.54, 1.807) is 6.20 Å². The molecule has 0 fully saturated rings. The van der Waals surface area contributed by atoms with Crippen molar-refractivity contribution >= 4 is 44.1 Å². The molecule has 0 saturated carbocycles. The van der Waals surface area contributed by atoms with Crippen LogP contribution in [0.2, 0.25) is 5.02 Å². The monoisotopic (exact) mass is 362 g/mol. The number of ether oxygens (including phenoxy) is 1. The molecular weight excluding hydrogens is 352 g/mol. The van der Waals surface area contributed by atoms with Crippen LogP contribution < -0.4 is 10.5 Å². The van der Waals surface area contributed by atoms with Crippen LogP contribution in [-0.4, -0.2) is 4.98 Å². The molecule has 3 nitrogen and oxygen atoms in total. The minimum Gasteiger partial charge on any atom is -0.487 e. The fourth-order valence-corrected chi connectivity index (χ4v) is 2.92. The number of pyridine rings is 1. The molecule has 0 aliphatic heterocycles. The first-order chi connectivity index (χ1) is 10.1. The third-order valence-corrected chi connectivity index (χ3v) is 3.84. The van der Waals surface area contributed by atoms with Gasteiger partial charge in [0, 0.05) is 21.7 Å². The van der Waals surface area contributed by atoms with Gasteiger partial charge in [-0.05, 0) is 48.0 Å². The Hall–Kier alpha value is -1.78. The summed E-state index contributed by atoms with van der Waals surface area (Å²) in [5.41, 5.74) is 8.26. The highest BCUT2D eigenvalue weighted by Gasteiger charge is 2.07. The molecule has 2 N–H and O–H groups in total. The molecule has 0 spiro atoms. The van der Waals surface area contributed by atoms with Crippen LogP contribution in [0.25, 0.3) is 10.9 Å². The lowest BCUT2D eigenvalue weighted by Gasteiger charge is -2.10. The molecule has 0 unspecified atom stereocenters. The van der Waals surface area contributed by atoms with Gasteiger partial charge in [0.25, 0.3) is 0 Å². The van der Waals surface area contributed by atoms with Gasteiger partial charge in [0.1, 0.15) is 17.9 Å². The van der Waals surface area contributed by atoms with Crippen molar-refractivity contribution in [1.29, 1.82) is 0 Å². The highest BCUT2D eigenvalue weighted by Crippen LogP contribution is 2.30. The van der Waals surface area contributed by atoms with Crippen LogP contribution in [0.5, 0.6) is 5.75 Å². The van der Waals surface area contributed by atoms with E-state index in [4.69, 9.17) is 22.1 Å². The number of hydrogen-bond donors (Lipinski definition) is 1. The Bertz CT molecular complexity index is 787. The van der Waals surface area contributed by atoms with Gasteiger partial charge in [0.2, 0.25) is 0 Å². The second-order valence-corrected chi connectivity index (χ2v) is 5.95. The SMILES string of the molecule is Nc1cc(Br)cc(COc2ccc(Cl)c3cccnc23)c1. The normalized spacial score (nSPS) is 10.8. The molecule has 5 heteroatoms. The molecule has 2 aromatic carbocycles. The van der Waals surface area contributed by atoms with Crippen LogP contribution in [0.1, 0.15) is 5.56 Å². The zero-order valence-corrected chi connectivity index (χ0v) is 13.4. The lowest BCUT2D eigenvalue weighted by atomic mass is 10.2. The van der Waals surface area contributed by atoms with E-state index >= 15 is 0 Å². The predicted octanol–water partition coefficient (Wildman–Crippen LogP) is 4.81. The smallest absolute Gasteiger partial charge is 0.146 e. The number of nitrogen functional groups attached to an aromatic ring is 1. The Morgan fingerprint density at radius 2 is 2.05 bits per heavy atom. The molecule has 0 radical (unpaired) electrons. The minimum atomic E-state index is 0.414. The average Bonchev–Trinajstić information content (AvgIpc) is 2.46. The summed E-state index contributed by atoms with van der Waals surface area (Å²) >= 11 is 9.59. The maximum absolute atomic E-state index is 6.17. The minimum absolute atomic E-state index is 0.414. The van der Waals surface area contributed by atoms with E-state index in [1.165, 1.54) is 0 Å². The highest BCUT2D eigenvalue weighted by molar-refractivity contribution is 9.10. The fraction of sp³-hybridized carbons (Fsp3) is 0.0625. The van der Waals surface area contributed by atoms with Crippen LogP contribution >= 0.6 is 27.5 Å². The zero-order valence-electron chi connectivity index (χ0n) is 11.0. The van der Waals surface area contributed by atoms with Crippen molar-refractivity contribution < 1.29 is 4.74 Å². The van der Waals surface area contributed by atoms with Crippen molar-refractivity contribution in [3.05, 3.63) is 63.7 Å². The van der Waals surface area contributed by atoms with Crippen LogP contribution in [0, 0.1) is 0 Å². The average molecular weight is 364 g/mol. The molecule has 0 saturated heterocycles. The van der Waals surface area contributed by atoms with Gasteiger partial charge in [-0.25, -0.2) is 0 Å². The second kappa shape index (κ2) is 5.92. The quantitative estimate of drug-likeness (QED) is 0.679. The van der Waals surface area contributed by atoms with Crippen LogP contribution in [0.15, 0.2) is 53.1 Å². The lowest BCUT2D eigenvalue weighted by Crippen LogP contribution is -1.98. The Morgan fingerprint density at radius 3 is 2.86 bits per heavy atom. The Morgan fingerprint density at radius 1 is 1.19 bits per heavy atom. The third-order valence-electron chi connectivity index (χ3n) is 3.05. The molecule has 0 atom stereocenters. The first-order valence-corrected chi connectivity index (χ1v) is 7.51. The van der Waals surface area contributed by atoms with E-state index in [2.05, 4.69) is 20.9 Å². The van der Waals surface area contributed by atoms with E-state index in [1.807, 2.05) is 42.5 Å². The molecular formula is C16H12BrClN2O. The van der Waals surface area contributed by atoms with Crippen LogP contribution in [-0.2, 0) is 6.61 Å². The maximum atomic E-state index is 6.17. The number of halogens is 2. The summed E-state index contributed by atoms with van der Waals surface area (Å²) in [6.45, 7) is 0.414. The molecule has 1 aromatic heterocycles. The first kappa shape index (κ1) is 14.2. The van der Waals surface area contributed by atoms with Crippen molar-refractivity contribution in [3.8, 4) is 5.75 Å². The van der Waals surface area contributed by atoms with Gasteiger partial charge in [-0.1, -0.05) is 27.5 Å². The Balaban J connectivity index is 1.90. The number of aromatic nitrogens is 1. The summed E-state index contributed by atoms with van der Waals surface area (Å²) in [6, 6.07) is 13.1. The number of hydrogen-bond acceptors (Lipinski definition) is 3. The lowest BCUT2D eigenvalue weighted by molar-refractivity contribution is 0.309. The molecule has 0 bridgehead atoms. The Labute approximate surface area is 135 Å². The summed E-state index contributed by atoms with van der Waals surface area (Å²) < 4.78 is 6.80. The number of nitrogens with two attached hydrogens (primary N) is 1. The van der Waals surface area contributed by atoms with Crippen molar-refractivity contribution in [1.82, 2.24) is 4.98 Å². The molecule has 21 heavy (non-hydrogen) atoms. The first-order valence-electron chi connectivity index (χ1n) is 6.34. The maximum Gasteiger partial charge on any atom is 0.146 e. The van der Waals surface area contributed by atoms with Crippen molar-refractivity contribution in [2.45, 2.75) is 6.61 Å². The third kappa shape index (κ3) is 3.12. The topological polar surface area (TPSA) is 48.1 Å². The summed E-state index contributed by atoms with van der Waals surface area (Å²) in [5.74, 6) is 0.702. The molecule has 3 aromatic rings. The molecule has 0 aliphatic carbocycles. The van der Waals surface area contributed by atoms with E-state index in [0.29, 0.717) is 23.1 Å². The van der Waals surface area contributed by atoms with Gasteiger partial charge in [-0.2, -0.15) is 0 Å². The van der Waals surface area contributed by atoms with Crippen molar-refractivity contribution in [2.75, 3.05) is 5.73 Å². The van der Waals surface area contributed by atoms with E-state index in [9.17, 15) is 0 Å². The van der Waals surface area contributed by atoms with E-state index in [-0.39, 0.29) is 0 Å². The van der Waals surface area contributed by atoms with Gasteiger partial charge in [-0.3, -0.25) is 4.98 Å². The van der Waals surface area contributed by atoms with Gasteiger partial charge < -0.3 is 10.5 Å². The van der Waals surface area contributed by atoms with Gasteiger partial charge >= 0.3 is 0 Å². The molecule has 0 amide bonds. The highest BCUT2D eigenvalue weighted by atomic mass is 79.9. The standard InChI is InChI=1S/C16H12BrClN2O/c17-11-6-10(7-12(19)8-11)9-21-15-4-3-14(18)13-2-1-5-20-16(13)15/h1-8H,9,19H2. The van der Waals surface area contributed by atoms with Crippen LogP contribution in [0.3, 0.4) is 0 Å². The van der Waals surface area contributed by atoms with E-state index in [0.717, 1.165) is 20.9 Å². The summed E-state index contributed by atoms with van der Waals surface area (Å²) in [6.07, 6.45) is 1.72. The van der Waals surface area contributed by atoms with Gasteiger partial charge in [0.05, 0.1) is 5.02 Å². The molecule has 106 valence electrons. The summed E-state index contributed by atoms with van der Waals surface area (Å²) in [4.78, 5) is 4.35. The van der Waals surface area contributed by atoms with Crippen molar-refractivity contribution in [3.63, 3.8) is 0 Å². The summed E-state index contributed by atoms with van der Waals surface area (Å²) in [7, 11) is 0. The number of rotatable bonds is 3. The van der Waals surface area contributed by atoms with Crippen LogP contribution in [0.4, 0.5) is 5.69 Å². The van der Waals surface area contributed by atoms with Gasteiger partial charge in [-0.15, -0.1) is 0 Å². The fourth-order valence-electron chi connectivity index (χ4n) is 2.15. The largest absolute Gasteiger partial charge is 0.487 e. The van der Waals surface area contributed by atoms with Crippen molar-refractivity contribution in [2.24, 2.45) is 0 Å². The molecule has 3 rings (SSSR count). The Kier molecular flexibility index (Phi) is 3.99. The number of fused-ring (bicyclic) bond motifs is 1. The van der Waals surface area contributed by atoms with Gasteiger partial charge in [0.15, 0.2) is 0 Å². The number of nitrogens with zero attached hydrogens (tertiary/aromatic N) is 1. The van der Waals surface area contributed by atoms with E-state index < -0.39 is 0 Å². The molecule has 1 heterocycles. The zero-order chi connectivity index (χ0) is 14.8. The summed E-state index contributed by atoms with van der Waals surface area (Å²) in [5, 5.41) is 1.54. The molecule has 0 aliphatic rings. The number of anilines is 1. The predicted molar refractivity (Wildman–Crippen MR) is 89.6 cm³/mol. The number of benzene rings is 2.